The minimum Gasteiger partial charge on any atom is -0.458 e. The molecule has 3 nitrogen and oxygen atoms in total. The third-order valence-electron chi connectivity index (χ3n) is 9.39. The highest BCUT2D eigenvalue weighted by atomic mass is 35.5. The van der Waals surface area contributed by atoms with Gasteiger partial charge in [0.2, 0.25) is 0 Å². The van der Waals surface area contributed by atoms with Gasteiger partial charge in [-0.2, -0.15) is 0 Å². The number of hydrogen-bond donors (Lipinski definition) is 0. The fourth-order valence-electron chi connectivity index (χ4n) is 7.68. The third-order valence-corrected chi connectivity index (χ3v) is 9.72. The summed E-state index contributed by atoms with van der Waals surface area (Å²) < 4.78 is 5.90. The summed E-state index contributed by atoms with van der Waals surface area (Å²) in [5, 5.41) is 0.443. The molecule has 0 aromatic heterocycles. The van der Waals surface area contributed by atoms with E-state index in [9.17, 15) is 9.59 Å². The van der Waals surface area contributed by atoms with E-state index in [1.165, 1.54) is 12.0 Å². The molecule has 1 aromatic rings. The van der Waals surface area contributed by atoms with Crippen LogP contribution in [0.5, 0.6) is 0 Å². The van der Waals surface area contributed by atoms with Crippen LogP contribution in [0.15, 0.2) is 47.6 Å². The lowest BCUT2D eigenvalue weighted by atomic mass is 9.47. The zero-order valence-electron chi connectivity index (χ0n) is 19.3. The first-order valence-corrected chi connectivity index (χ1v) is 12.5. The summed E-state index contributed by atoms with van der Waals surface area (Å²) in [5.74, 6) is 1.80. The number of carbonyl (C=O) groups excluding carboxylic acids is 2. The molecule has 0 heterocycles. The lowest BCUT2D eigenvalue weighted by Gasteiger charge is -2.57. The van der Waals surface area contributed by atoms with Crippen LogP contribution in [-0.2, 0) is 9.53 Å². The van der Waals surface area contributed by atoms with E-state index in [4.69, 9.17) is 16.3 Å². The Hall–Kier alpha value is -1.87. The predicted molar refractivity (Wildman–Crippen MR) is 127 cm³/mol. The van der Waals surface area contributed by atoms with Crippen molar-refractivity contribution in [1.82, 2.24) is 0 Å². The molecule has 0 spiro atoms. The van der Waals surface area contributed by atoms with E-state index in [0.717, 1.165) is 44.1 Å². The number of Topliss-reactive ketones (excluding diaryl/α,β-unsaturated/α-hetero) is 1. The Bertz CT molecular complexity index is 1020. The minimum absolute atomic E-state index is 0.0520. The monoisotopic (exact) mass is 452 g/mol. The molecule has 0 radical (unpaired) electrons. The molecule has 0 bridgehead atoms. The number of halogens is 1. The molecule has 0 aliphatic heterocycles. The predicted octanol–water partition coefficient (Wildman–Crippen LogP) is 6.95. The van der Waals surface area contributed by atoms with Gasteiger partial charge < -0.3 is 4.74 Å². The summed E-state index contributed by atoms with van der Waals surface area (Å²) in [6.07, 6.45) is 11.8. The Balaban J connectivity index is 1.33. The van der Waals surface area contributed by atoms with Crippen molar-refractivity contribution in [3.05, 3.63) is 58.1 Å². The zero-order valence-corrected chi connectivity index (χ0v) is 20.1. The summed E-state index contributed by atoms with van der Waals surface area (Å²) >= 11 is 6.19. The average Bonchev–Trinajstić information content (AvgIpc) is 3.12. The van der Waals surface area contributed by atoms with Crippen LogP contribution in [0.2, 0.25) is 5.02 Å². The SMILES string of the molecule is CC(=O)C1=CC[C@H]2[C@@H]3CC=C4C[C@@H](OC(=O)c5ccccc5Cl)CC[C@]4(C)[C@H]3CC[C@]12C. The summed E-state index contributed by atoms with van der Waals surface area (Å²) in [4.78, 5) is 25.0. The first kappa shape index (κ1) is 21.9. The van der Waals surface area contributed by atoms with E-state index < -0.39 is 0 Å². The first-order chi connectivity index (χ1) is 15.2. The molecule has 1 aromatic carbocycles. The molecule has 0 saturated heterocycles. The van der Waals surface area contributed by atoms with Gasteiger partial charge in [-0.05, 0) is 91.7 Å². The maximum absolute atomic E-state index is 12.7. The second-order valence-corrected chi connectivity index (χ2v) is 11.3. The van der Waals surface area contributed by atoms with Crippen LogP contribution < -0.4 is 0 Å². The van der Waals surface area contributed by atoms with Crippen LogP contribution >= 0.6 is 11.6 Å². The fraction of sp³-hybridized carbons (Fsp3) is 0.571. The first-order valence-electron chi connectivity index (χ1n) is 12.1. The van der Waals surface area contributed by atoms with Crippen LogP contribution in [-0.4, -0.2) is 17.9 Å². The van der Waals surface area contributed by atoms with Gasteiger partial charge in [-0.25, -0.2) is 4.79 Å². The summed E-state index contributed by atoms with van der Waals surface area (Å²) in [5.41, 5.74) is 3.23. The number of fused-ring (bicyclic) bond motifs is 5. The second-order valence-electron chi connectivity index (χ2n) is 10.9. The topological polar surface area (TPSA) is 43.4 Å². The number of hydrogen-bond acceptors (Lipinski definition) is 3. The van der Waals surface area contributed by atoms with Crippen molar-refractivity contribution in [2.45, 2.75) is 71.8 Å². The summed E-state index contributed by atoms with van der Waals surface area (Å²) in [6.45, 7) is 6.51. The van der Waals surface area contributed by atoms with Gasteiger partial charge in [0.05, 0.1) is 10.6 Å². The second kappa shape index (κ2) is 7.87. The van der Waals surface area contributed by atoms with Gasteiger partial charge in [0.25, 0.3) is 0 Å². The standard InChI is InChI=1S/C28H33ClO3/c1-17(30)22-10-11-23-20-9-8-18-16-19(32-26(31)21-6-4-5-7-25(21)29)12-14-27(18,2)24(20)13-15-28(22,23)3/h4-8,10,19-20,23-24H,9,11-16H2,1-3H3/t19-,20-,23-,24-,27-,28+/m0/s1. The maximum atomic E-state index is 12.7. The molecule has 6 atom stereocenters. The normalized spacial score (nSPS) is 38.0. The van der Waals surface area contributed by atoms with Gasteiger partial charge in [0.15, 0.2) is 5.78 Å². The molecular formula is C28H33ClO3. The highest BCUT2D eigenvalue weighted by Crippen LogP contribution is 2.65. The quantitative estimate of drug-likeness (QED) is 0.368. The van der Waals surface area contributed by atoms with Crippen molar-refractivity contribution in [3.8, 4) is 0 Å². The molecule has 2 saturated carbocycles. The van der Waals surface area contributed by atoms with Crippen LogP contribution in [0.1, 0.15) is 76.1 Å². The van der Waals surface area contributed by atoms with E-state index in [0.29, 0.717) is 28.3 Å². The number of esters is 1. The van der Waals surface area contributed by atoms with Gasteiger partial charge in [0.1, 0.15) is 6.10 Å². The summed E-state index contributed by atoms with van der Waals surface area (Å²) in [7, 11) is 0. The number of ether oxygens (including phenoxy) is 1. The van der Waals surface area contributed by atoms with Gasteiger partial charge >= 0.3 is 5.97 Å². The number of benzene rings is 1. The Kier molecular flexibility index (Phi) is 5.40. The van der Waals surface area contributed by atoms with E-state index in [2.05, 4.69) is 26.0 Å². The Morgan fingerprint density at radius 3 is 2.50 bits per heavy atom. The van der Waals surface area contributed by atoms with Crippen LogP contribution in [0, 0.1) is 28.6 Å². The van der Waals surface area contributed by atoms with Crippen molar-refractivity contribution in [3.63, 3.8) is 0 Å². The molecule has 0 unspecified atom stereocenters. The molecule has 32 heavy (non-hydrogen) atoms. The smallest absolute Gasteiger partial charge is 0.339 e. The van der Waals surface area contributed by atoms with Crippen molar-refractivity contribution < 1.29 is 14.3 Å². The Morgan fingerprint density at radius 1 is 1.00 bits per heavy atom. The van der Waals surface area contributed by atoms with Gasteiger partial charge in [0, 0.05) is 6.42 Å². The van der Waals surface area contributed by atoms with E-state index in [1.54, 1.807) is 19.1 Å². The Labute approximate surface area is 196 Å². The highest BCUT2D eigenvalue weighted by molar-refractivity contribution is 6.33. The highest BCUT2D eigenvalue weighted by Gasteiger charge is 2.57. The van der Waals surface area contributed by atoms with Crippen molar-refractivity contribution in [2.75, 3.05) is 0 Å². The van der Waals surface area contributed by atoms with Gasteiger partial charge in [-0.3, -0.25) is 4.79 Å². The minimum atomic E-state index is -0.319. The molecule has 0 amide bonds. The van der Waals surface area contributed by atoms with E-state index in [-0.39, 0.29) is 28.7 Å². The maximum Gasteiger partial charge on any atom is 0.339 e. The Morgan fingerprint density at radius 2 is 1.75 bits per heavy atom. The third kappa shape index (κ3) is 3.31. The lowest BCUT2D eigenvalue weighted by molar-refractivity contribution is -0.115. The lowest BCUT2D eigenvalue weighted by Crippen LogP contribution is -2.50. The van der Waals surface area contributed by atoms with Gasteiger partial charge in [-0.1, -0.05) is 55.3 Å². The molecule has 4 heteroatoms. The van der Waals surface area contributed by atoms with E-state index >= 15 is 0 Å². The summed E-state index contributed by atoms with van der Waals surface area (Å²) in [6, 6.07) is 7.09. The van der Waals surface area contributed by atoms with Crippen molar-refractivity contribution in [2.24, 2.45) is 28.6 Å². The fourth-order valence-corrected chi connectivity index (χ4v) is 7.90. The van der Waals surface area contributed by atoms with Gasteiger partial charge in [-0.15, -0.1) is 0 Å². The molecule has 2 fully saturated rings. The number of rotatable bonds is 3. The molecule has 4 aliphatic rings. The van der Waals surface area contributed by atoms with Crippen molar-refractivity contribution >= 4 is 23.4 Å². The molecule has 4 aliphatic carbocycles. The van der Waals surface area contributed by atoms with Crippen LogP contribution in [0.25, 0.3) is 0 Å². The molecule has 170 valence electrons. The van der Waals surface area contributed by atoms with Crippen LogP contribution in [0.3, 0.4) is 0 Å². The number of ketones is 1. The molecular weight excluding hydrogens is 420 g/mol. The van der Waals surface area contributed by atoms with Crippen molar-refractivity contribution in [1.29, 1.82) is 0 Å². The van der Waals surface area contributed by atoms with Crippen LogP contribution in [0.4, 0.5) is 0 Å². The van der Waals surface area contributed by atoms with E-state index in [1.807, 2.05) is 12.1 Å². The largest absolute Gasteiger partial charge is 0.458 e. The molecule has 5 rings (SSSR count). The number of allylic oxidation sites excluding steroid dienone is 3. The zero-order chi connectivity index (χ0) is 22.7. The molecule has 0 N–H and O–H groups in total. The average molecular weight is 453 g/mol. The number of carbonyl (C=O) groups is 2.